The van der Waals surface area contributed by atoms with Crippen molar-refractivity contribution < 1.29 is 17.9 Å². The van der Waals surface area contributed by atoms with Crippen LogP contribution < -0.4 is 15.0 Å². The highest BCUT2D eigenvalue weighted by molar-refractivity contribution is 6.02. The van der Waals surface area contributed by atoms with E-state index in [0.29, 0.717) is 5.65 Å². The van der Waals surface area contributed by atoms with Gasteiger partial charge >= 0.3 is 6.36 Å². The third-order valence-corrected chi connectivity index (χ3v) is 5.88. The van der Waals surface area contributed by atoms with Crippen LogP contribution in [0.2, 0.25) is 0 Å². The fourth-order valence-corrected chi connectivity index (χ4v) is 4.32. The summed E-state index contributed by atoms with van der Waals surface area (Å²) in [7, 11) is 0. The number of rotatable bonds is 4. The number of alkyl halides is 3. The Kier molecular flexibility index (Phi) is 5.60. The molecule has 1 aliphatic rings. The maximum Gasteiger partial charge on any atom is 0.573 e. The number of fused-ring (bicyclic) bond motifs is 1. The zero-order valence-corrected chi connectivity index (χ0v) is 18.6. The second kappa shape index (κ2) is 8.60. The Hall–Kier alpha value is -3.66. The van der Waals surface area contributed by atoms with Gasteiger partial charge in [0.15, 0.2) is 5.65 Å². The van der Waals surface area contributed by atoms with Gasteiger partial charge in [0.2, 0.25) is 0 Å². The summed E-state index contributed by atoms with van der Waals surface area (Å²) in [5, 5.41) is 4.29. The van der Waals surface area contributed by atoms with Gasteiger partial charge in [0, 0.05) is 49.2 Å². The van der Waals surface area contributed by atoms with Gasteiger partial charge in [-0.15, -0.1) is 13.2 Å². The summed E-state index contributed by atoms with van der Waals surface area (Å²) >= 11 is 0. The first-order valence-electron chi connectivity index (χ1n) is 10.9. The van der Waals surface area contributed by atoms with E-state index in [-0.39, 0.29) is 23.7 Å². The molecule has 1 saturated heterocycles. The number of ether oxygens (including phenoxy) is 1. The summed E-state index contributed by atoms with van der Waals surface area (Å²) in [6.07, 6.45) is -0.184. The highest BCUT2D eigenvalue weighted by Gasteiger charge is 2.32. The first-order chi connectivity index (χ1) is 16.3. The van der Waals surface area contributed by atoms with E-state index in [1.54, 1.807) is 4.57 Å². The predicted octanol–water partition coefficient (Wildman–Crippen LogP) is 4.57. The van der Waals surface area contributed by atoms with Gasteiger partial charge in [-0.2, -0.15) is 0 Å². The minimum absolute atomic E-state index is 0.197. The van der Waals surface area contributed by atoms with Crippen LogP contribution in [0, 0.1) is 0 Å². The molecule has 7 nitrogen and oxygen atoms in total. The standard InChI is InChI=1S/C24H23F3N6O/c1-15-12-32(16(2)11-29-15)22-21-19(17-6-4-3-5-7-17)13-33(23(21)31-14-30-22)20-10-18(8-9-28-20)34-24(25,26)27/h3-10,13-16,29H,11-12H2,1-2H3/t15-,16+/m1/s1. The van der Waals surface area contributed by atoms with Crippen molar-refractivity contribution in [1.82, 2.24) is 24.8 Å². The van der Waals surface area contributed by atoms with Crippen LogP contribution in [0.3, 0.4) is 0 Å². The molecule has 1 N–H and O–H groups in total. The summed E-state index contributed by atoms with van der Waals surface area (Å²) in [6, 6.07) is 12.7. The van der Waals surface area contributed by atoms with Crippen molar-refractivity contribution in [1.29, 1.82) is 0 Å². The molecule has 1 aliphatic heterocycles. The highest BCUT2D eigenvalue weighted by Crippen LogP contribution is 2.38. The SMILES string of the molecule is C[C@@H]1CN(c2ncnc3c2c(-c2ccccc2)cn3-c2cc(OC(F)(F)F)ccn2)[C@@H](C)CN1. The van der Waals surface area contributed by atoms with Gasteiger partial charge in [-0.25, -0.2) is 15.0 Å². The van der Waals surface area contributed by atoms with Gasteiger partial charge in [-0.05, 0) is 25.5 Å². The van der Waals surface area contributed by atoms with E-state index in [2.05, 4.69) is 43.8 Å². The lowest BCUT2D eigenvalue weighted by atomic mass is 10.0. The molecule has 5 rings (SSSR count). The first kappa shape index (κ1) is 22.1. The van der Waals surface area contributed by atoms with E-state index in [1.807, 2.05) is 36.5 Å². The van der Waals surface area contributed by atoms with Crippen LogP contribution in [0.1, 0.15) is 13.8 Å². The molecule has 4 heterocycles. The van der Waals surface area contributed by atoms with Crippen molar-refractivity contribution in [3.63, 3.8) is 0 Å². The lowest BCUT2D eigenvalue weighted by Crippen LogP contribution is -2.54. The quantitative estimate of drug-likeness (QED) is 0.473. The van der Waals surface area contributed by atoms with E-state index in [4.69, 9.17) is 0 Å². The second-order valence-corrected chi connectivity index (χ2v) is 8.38. The first-order valence-corrected chi connectivity index (χ1v) is 10.9. The van der Waals surface area contributed by atoms with Crippen molar-refractivity contribution in [2.75, 3.05) is 18.0 Å². The van der Waals surface area contributed by atoms with Crippen LogP contribution in [-0.4, -0.2) is 51.1 Å². The maximum atomic E-state index is 12.8. The average molecular weight is 468 g/mol. The molecule has 0 radical (unpaired) electrons. The smallest absolute Gasteiger partial charge is 0.406 e. The number of piperazine rings is 1. The number of pyridine rings is 1. The third-order valence-electron chi connectivity index (χ3n) is 5.88. The zero-order chi connectivity index (χ0) is 23.9. The van der Waals surface area contributed by atoms with E-state index in [9.17, 15) is 13.2 Å². The van der Waals surface area contributed by atoms with Gasteiger partial charge in [0.1, 0.15) is 23.7 Å². The van der Waals surface area contributed by atoms with E-state index < -0.39 is 6.36 Å². The molecule has 10 heteroatoms. The Labute approximate surface area is 194 Å². The van der Waals surface area contributed by atoms with E-state index >= 15 is 0 Å². The molecular weight excluding hydrogens is 445 g/mol. The number of hydrogen-bond acceptors (Lipinski definition) is 6. The molecule has 1 fully saturated rings. The molecule has 3 aromatic heterocycles. The van der Waals surface area contributed by atoms with E-state index in [1.165, 1.54) is 24.7 Å². The third kappa shape index (κ3) is 4.28. The average Bonchev–Trinajstić information content (AvgIpc) is 3.20. The molecule has 0 unspecified atom stereocenters. The van der Waals surface area contributed by atoms with Gasteiger partial charge in [0.25, 0.3) is 0 Å². The molecule has 0 spiro atoms. The van der Waals surface area contributed by atoms with Crippen molar-refractivity contribution in [3.05, 3.63) is 61.2 Å². The Morgan fingerprint density at radius 3 is 2.62 bits per heavy atom. The summed E-state index contributed by atoms with van der Waals surface area (Å²) in [5.41, 5.74) is 2.37. The van der Waals surface area contributed by atoms with Crippen LogP contribution in [0.15, 0.2) is 61.2 Å². The number of benzene rings is 1. The molecule has 0 amide bonds. The summed E-state index contributed by atoms with van der Waals surface area (Å²) in [5.74, 6) is 0.700. The summed E-state index contributed by atoms with van der Waals surface area (Å²) < 4.78 is 44.2. The number of nitrogens with one attached hydrogen (secondary N) is 1. The van der Waals surface area contributed by atoms with Crippen LogP contribution in [-0.2, 0) is 0 Å². The molecule has 2 atom stereocenters. The Bertz CT molecular complexity index is 1310. The van der Waals surface area contributed by atoms with Crippen LogP contribution >= 0.6 is 0 Å². The Morgan fingerprint density at radius 1 is 1.06 bits per heavy atom. The largest absolute Gasteiger partial charge is 0.573 e. The lowest BCUT2D eigenvalue weighted by Gasteiger charge is -2.38. The van der Waals surface area contributed by atoms with Crippen molar-refractivity contribution in [2.24, 2.45) is 0 Å². The van der Waals surface area contributed by atoms with Crippen molar-refractivity contribution >= 4 is 16.9 Å². The number of nitrogens with zero attached hydrogens (tertiary/aromatic N) is 5. The Balaban J connectivity index is 1.72. The minimum atomic E-state index is -4.79. The second-order valence-electron chi connectivity index (χ2n) is 8.38. The normalized spacial score (nSPS) is 18.9. The Morgan fingerprint density at radius 2 is 1.85 bits per heavy atom. The summed E-state index contributed by atoms with van der Waals surface area (Å²) in [4.78, 5) is 15.7. The summed E-state index contributed by atoms with van der Waals surface area (Å²) in [6.45, 7) is 5.83. The highest BCUT2D eigenvalue weighted by atomic mass is 19.4. The van der Waals surface area contributed by atoms with Gasteiger partial charge in [0.05, 0.1) is 5.39 Å². The topological polar surface area (TPSA) is 68.1 Å². The molecule has 0 bridgehead atoms. The fourth-order valence-electron chi connectivity index (χ4n) is 4.32. The minimum Gasteiger partial charge on any atom is -0.406 e. The van der Waals surface area contributed by atoms with Gasteiger partial charge in [-0.1, -0.05) is 30.3 Å². The maximum absolute atomic E-state index is 12.8. The molecule has 0 aliphatic carbocycles. The molecule has 176 valence electrons. The number of halogens is 3. The predicted molar refractivity (Wildman–Crippen MR) is 123 cm³/mol. The van der Waals surface area contributed by atoms with Crippen molar-refractivity contribution in [3.8, 4) is 22.7 Å². The van der Waals surface area contributed by atoms with Gasteiger partial charge in [-0.3, -0.25) is 4.57 Å². The van der Waals surface area contributed by atoms with Gasteiger partial charge < -0.3 is 15.0 Å². The van der Waals surface area contributed by atoms with Crippen LogP contribution in [0.5, 0.6) is 5.75 Å². The molecular formula is C24H23F3N6O. The lowest BCUT2D eigenvalue weighted by molar-refractivity contribution is -0.274. The number of aromatic nitrogens is 4. The molecule has 4 aromatic rings. The zero-order valence-electron chi connectivity index (χ0n) is 18.6. The van der Waals surface area contributed by atoms with Crippen LogP contribution in [0.25, 0.3) is 28.0 Å². The van der Waals surface area contributed by atoms with E-state index in [0.717, 1.165) is 35.4 Å². The van der Waals surface area contributed by atoms with Crippen LogP contribution in [0.4, 0.5) is 19.0 Å². The van der Waals surface area contributed by atoms with Crippen molar-refractivity contribution in [2.45, 2.75) is 32.3 Å². The molecule has 34 heavy (non-hydrogen) atoms. The fraction of sp³-hybridized carbons (Fsp3) is 0.292. The molecule has 1 aromatic carbocycles. The number of anilines is 1. The number of hydrogen-bond donors (Lipinski definition) is 1. The molecule has 0 saturated carbocycles. The monoisotopic (exact) mass is 468 g/mol.